The Balaban J connectivity index is 2.16. The van der Waals surface area contributed by atoms with Crippen molar-refractivity contribution in [3.63, 3.8) is 0 Å². The van der Waals surface area contributed by atoms with Crippen molar-refractivity contribution < 1.29 is 9.47 Å². The van der Waals surface area contributed by atoms with E-state index >= 15 is 0 Å². The molecule has 4 heteroatoms. The number of benzene rings is 1. The van der Waals surface area contributed by atoms with Crippen LogP contribution in [0.1, 0.15) is 30.4 Å². The van der Waals surface area contributed by atoms with Crippen LogP contribution in [0.4, 0.5) is 0 Å². The van der Waals surface area contributed by atoms with Crippen molar-refractivity contribution in [1.82, 2.24) is 4.98 Å². The van der Waals surface area contributed by atoms with Gasteiger partial charge in [0.05, 0.1) is 11.6 Å². The quantitative estimate of drug-likeness (QED) is 0.863. The molecule has 2 atom stereocenters. The predicted octanol–water partition coefficient (Wildman–Crippen LogP) is 3.88. The first-order chi connectivity index (χ1) is 11.2. The van der Waals surface area contributed by atoms with Crippen LogP contribution in [0.3, 0.4) is 0 Å². The van der Waals surface area contributed by atoms with Crippen LogP contribution in [0.2, 0.25) is 0 Å². The first kappa shape index (κ1) is 15.3. The number of rotatable bonds is 3. The largest absolute Gasteiger partial charge is 0.461 e. The second kappa shape index (κ2) is 6.23. The fourth-order valence-electron chi connectivity index (χ4n) is 2.88. The highest BCUT2D eigenvalue weighted by Gasteiger charge is 2.40. The zero-order chi connectivity index (χ0) is 16.3. The summed E-state index contributed by atoms with van der Waals surface area (Å²) >= 11 is 0. The average molecular weight is 306 g/mol. The van der Waals surface area contributed by atoms with Crippen LogP contribution in [0, 0.1) is 11.3 Å². The van der Waals surface area contributed by atoms with Gasteiger partial charge in [-0.2, -0.15) is 5.26 Å². The van der Waals surface area contributed by atoms with Gasteiger partial charge >= 0.3 is 0 Å². The Kier molecular flexibility index (Phi) is 4.14. The predicted molar refractivity (Wildman–Crippen MR) is 87.1 cm³/mol. The topological polar surface area (TPSA) is 55.1 Å². The minimum atomic E-state index is -0.778. The minimum absolute atomic E-state index is 0.0862. The molecule has 1 aliphatic heterocycles. The molecule has 1 aliphatic rings. The van der Waals surface area contributed by atoms with Gasteiger partial charge in [-0.05, 0) is 17.7 Å². The molecule has 2 heterocycles. The van der Waals surface area contributed by atoms with Crippen LogP contribution in [0.25, 0.3) is 5.76 Å². The molecule has 0 N–H and O–H groups in total. The number of ether oxygens (including phenoxy) is 2. The van der Waals surface area contributed by atoms with E-state index in [1.54, 1.807) is 19.5 Å². The molecule has 1 aromatic heterocycles. The van der Waals surface area contributed by atoms with Crippen molar-refractivity contribution >= 4 is 5.76 Å². The number of pyridine rings is 1. The molecular formula is C19H18N2O2. The van der Waals surface area contributed by atoms with E-state index in [-0.39, 0.29) is 5.92 Å². The van der Waals surface area contributed by atoms with Gasteiger partial charge in [0.15, 0.2) is 0 Å². The zero-order valence-electron chi connectivity index (χ0n) is 13.2. The first-order valence-electron chi connectivity index (χ1n) is 7.50. The average Bonchev–Trinajstić information content (AvgIpc) is 2.62. The smallest absolute Gasteiger partial charge is 0.208 e. The monoisotopic (exact) mass is 306 g/mol. The molecule has 0 spiro atoms. The summed E-state index contributed by atoms with van der Waals surface area (Å²) in [5.74, 6) is -0.276. The summed E-state index contributed by atoms with van der Waals surface area (Å²) in [6.45, 7) is 1.90. The third kappa shape index (κ3) is 2.96. The van der Waals surface area contributed by atoms with Crippen molar-refractivity contribution in [2.24, 2.45) is 0 Å². The Morgan fingerprint density at radius 3 is 2.52 bits per heavy atom. The lowest BCUT2D eigenvalue weighted by molar-refractivity contribution is -0.179. The summed E-state index contributed by atoms with van der Waals surface area (Å²) < 4.78 is 11.7. The van der Waals surface area contributed by atoms with E-state index in [4.69, 9.17) is 9.47 Å². The van der Waals surface area contributed by atoms with Gasteiger partial charge in [0.25, 0.3) is 0 Å². The Morgan fingerprint density at radius 2 is 1.91 bits per heavy atom. The van der Waals surface area contributed by atoms with Gasteiger partial charge in [-0.25, -0.2) is 0 Å². The van der Waals surface area contributed by atoms with Gasteiger partial charge < -0.3 is 9.47 Å². The maximum Gasteiger partial charge on any atom is 0.208 e. The van der Waals surface area contributed by atoms with Crippen LogP contribution in [0.5, 0.6) is 0 Å². The SMILES string of the molecule is CO[C@@]1(C)C[C@H](c2ccncc2)C(C#N)=C(c2ccccc2)O1. The molecule has 0 saturated heterocycles. The minimum Gasteiger partial charge on any atom is -0.461 e. The van der Waals surface area contributed by atoms with Crippen LogP contribution in [0.15, 0.2) is 60.4 Å². The number of nitrogens with zero attached hydrogens (tertiary/aromatic N) is 2. The number of aromatic nitrogens is 1. The molecule has 4 nitrogen and oxygen atoms in total. The maximum atomic E-state index is 9.75. The molecule has 0 saturated carbocycles. The molecule has 3 rings (SSSR count). The van der Waals surface area contributed by atoms with Crippen molar-refractivity contribution in [2.75, 3.05) is 7.11 Å². The van der Waals surface area contributed by atoms with Gasteiger partial charge in [0.1, 0.15) is 5.76 Å². The number of methoxy groups -OCH3 is 1. The molecule has 2 aromatic rings. The number of hydrogen-bond donors (Lipinski definition) is 0. The van der Waals surface area contributed by atoms with E-state index in [1.807, 2.05) is 49.4 Å². The number of hydrogen-bond acceptors (Lipinski definition) is 4. The summed E-state index contributed by atoms with van der Waals surface area (Å²) in [7, 11) is 1.63. The molecule has 0 unspecified atom stereocenters. The third-order valence-corrected chi connectivity index (χ3v) is 4.18. The van der Waals surface area contributed by atoms with Gasteiger partial charge in [-0.15, -0.1) is 0 Å². The summed E-state index contributed by atoms with van der Waals surface area (Å²) in [4.78, 5) is 4.06. The second-order valence-electron chi connectivity index (χ2n) is 5.70. The fourth-order valence-corrected chi connectivity index (χ4v) is 2.88. The summed E-state index contributed by atoms with van der Waals surface area (Å²) in [6, 6.07) is 15.9. The van der Waals surface area contributed by atoms with Gasteiger partial charge in [0.2, 0.25) is 5.79 Å². The first-order valence-corrected chi connectivity index (χ1v) is 7.50. The lowest BCUT2D eigenvalue weighted by atomic mass is 9.82. The summed E-state index contributed by atoms with van der Waals surface area (Å²) in [5.41, 5.74) is 2.54. The van der Waals surface area contributed by atoms with E-state index in [0.29, 0.717) is 17.8 Å². The van der Waals surface area contributed by atoms with Gasteiger partial charge in [-0.3, -0.25) is 4.98 Å². The summed E-state index contributed by atoms with van der Waals surface area (Å²) in [6.07, 6.45) is 4.06. The van der Waals surface area contributed by atoms with Crippen molar-refractivity contribution in [2.45, 2.75) is 25.0 Å². The van der Waals surface area contributed by atoms with Crippen LogP contribution >= 0.6 is 0 Å². The molecule has 0 bridgehead atoms. The molecule has 0 radical (unpaired) electrons. The highest BCUT2D eigenvalue weighted by molar-refractivity contribution is 5.70. The molecule has 0 aliphatic carbocycles. The van der Waals surface area contributed by atoms with Crippen molar-refractivity contribution in [3.05, 3.63) is 71.6 Å². The standard InChI is InChI=1S/C19H18N2O2/c1-19(22-2)12-16(14-8-10-21-11-9-14)17(13-20)18(23-19)15-6-4-3-5-7-15/h3-11,16H,12H2,1-2H3/t16-,19-/m1/s1. The highest BCUT2D eigenvalue weighted by Crippen LogP contribution is 2.44. The lowest BCUT2D eigenvalue weighted by Crippen LogP contribution is -2.37. The second-order valence-corrected chi connectivity index (χ2v) is 5.70. The van der Waals surface area contributed by atoms with Crippen molar-refractivity contribution in [1.29, 1.82) is 5.26 Å². The van der Waals surface area contributed by atoms with Gasteiger partial charge in [-0.1, -0.05) is 30.3 Å². The fraction of sp³-hybridized carbons (Fsp3) is 0.263. The zero-order valence-corrected chi connectivity index (χ0v) is 13.2. The van der Waals surface area contributed by atoms with E-state index in [0.717, 1.165) is 11.1 Å². The molecule has 0 fully saturated rings. The molecular weight excluding hydrogens is 288 g/mol. The Bertz CT molecular complexity index is 750. The Hall–Kier alpha value is -2.64. The van der Waals surface area contributed by atoms with Crippen LogP contribution < -0.4 is 0 Å². The van der Waals surface area contributed by atoms with E-state index < -0.39 is 5.79 Å². The van der Waals surface area contributed by atoms with Crippen molar-refractivity contribution in [3.8, 4) is 6.07 Å². The number of nitriles is 1. The summed E-state index contributed by atoms with van der Waals surface area (Å²) in [5, 5.41) is 9.75. The normalized spacial score (nSPS) is 24.0. The van der Waals surface area contributed by atoms with Crippen LogP contribution in [-0.2, 0) is 9.47 Å². The maximum absolute atomic E-state index is 9.75. The Morgan fingerprint density at radius 1 is 1.22 bits per heavy atom. The molecule has 0 amide bonds. The third-order valence-electron chi connectivity index (χ3n) is 4.18. The van der Waals surface area contributed by atoms with E-state index in [9.17, 15) is 5.26 Å². The molecule has 116 valence electrons. The molecule has 1 aromatic carbocycles. The van der Waals surface area contributed by atoms with Crippen LogP contribution in [-0.4, -0.2) is 17.9 Å². The lowest BCUT2D eigenvalue weighted by Gasteiger charge is -2.38. The Labute approximate surface area is 136 Å². The van der Waals surface area contributed by atoms with E-state index in [2.05, 4.69) is 11.1 Å². The highest BCUT2D eigenvalue weighted by atomic mass is 16.7. The van der Waals surface area contributed by atoms with E-state index in [1.165, 1.54) is 0 Å². The number of allylic oxidation sites excluding steroid dienone is 1. The van der Waals surface area contributed by atoms with Gasteiger partial charge in [0, 0.05) is 44.3 Å². The molecule has 23 heavy (non-hydrogen) atoms.